The largest absolute Gasteiger partial charge is 0.456 e. The molecule has 0 atom stereocenters. The van der Waals surface area contributed by atoms with Gasteiger partial charge in [0.05, 0.1) is 16.7 Å². The second kappa shape index (κ2) is 11.3. The summed E-state index contributed by atoms with van der Waals surface area (Å²) in [6.45, 7) is 0. The van der Waals surface area contributed by atoms with Crippen LogP contribution in [0.5, 0.6) is 0 Å². The SMILES string of the molecule is c1ccc(-c2nc(-c3cccc(-n4c5ccccc5c5c6cccc7c6n(c54)-c4ccccc4S7)c3)nc(-c3ccc4c(c3)oc3ccccc34)n2)cc1. The summed E-state index contributed by atoms with van der Waals surface area (Å²) in [6, 6.07) is 57.1. The van der Waals surface area contributed by atoms with Crippen LogP contribution in [0.15, 0.2) is 178 Å². The van der Waals surface area contributed by atoms with E-state index in [1.807, 2.05) is 66.4 Å². The fourth-order valence-corrected chi connectivity index (χ4v) is 9.28. The lowest BCUT2D eigenvalue weighted by atomic mass is 10.1. The molecule has 1 aliphatic rings. The summed E-state index contributed by atoms with van der Waals surface area (Å²) < 4.78 is 11.1. The molecule has 7 aromatic carbocycles. The highest BCUT2D eigenvalue weighted by Gasteiger charge is 2.27. The molecule has 0 unspecified atom stereocenters. The van der Waals surface area contributed by atoms with E-state index in [2.05, 4.69) is 118 Å². The Labute approximate surface area is 313 Å². The fourth-order valence-electron chi connectivity index (χ4n) is 8.19. The fraction of sp³-hybridized carbons (Fsp3) is 0. The predicted molar refractivity (Wildman–Crippen MR) is 219 cm³/mol. The molecule has 12 rings (SSSR count). The van der Waals surface area contributed by atoms with Gasteiger partial charge in [-0.3, -0.25) is 9.13 Å². The number of furan rings is 1. The van der Waals surface area contributed by atoms with Crippen LogP contribution in [0.4, 0.5) is 0 Å². The molecule has 0 N–H and O–H groups in total. The van der Waals surface area contributed by atoms with Crippen molar-refractivity contribution in [3.63, 3.8) is 0 Å². The smallest absolute Gasteiger partial charge is 0.164 e. The van der Waals surface area contributed by atoms with E-state index in [1.54, 1.807) is 0 Å². The van der Waals surface area contributed by atoms with Crippen molar-refractivity contribution in [1.82, 2.24) is 24.1 Å². The number of hydrogen-bond acceptors (Lipinski definition) is 5. The average molecular weight is 710 g/mol. The molecule has 0 aliphatic carbocycles. The molecular formula is C47H27N5OS. The molecule has 0 bridgehead atoms. The van der Waals surface area contributed by atoms with E-state index < -0.39 is 0 Å². The molecule has 4 aromatic heterocycles. The molecule has 0 saturated heterocycles. The van der Waals surface area contributed by atoms with Crippen molar-refractivity contribution in [3.8, 4) is 45.5 Å². The topological polar surface area (TPSA) is 61.7 Å². The third-order valence-electron chi connectivity index (χ3n) is 10.5. The molecule has 11 aromatic rings. The molecule has 0 saturated carbocycles. The summed E-state index contributed by atoms with van der Waals surface area (Å²) in [6.07, 6.45) is 0. The highest BCUT2D eigenvalue weighted by molar-refractivity contribution is 7.99. The molecule has 0 amide bonds. The molecule has 7 heteroatoms. The first kappa shape index (κ1) is 29.6. The maximum Gasteiger partial charge on any atom is 0.164 e. The molecule has 0 fully saturated rings. The van der Waals surface area contributed by atoms with Crippen molar-refractivity contribution < 1.29 is 4.42 Å². The summed E-state index contributed by atoms with van der Waals surface area (Å²) in [5.74, 6) is 1.80. The highest BCUT2D eigenvalue weighted by Crippen LogP contribution is 2.49. The van der Waals surface area contributed by atoms with Gasteiger partial charge >= 0.3 is 0 Å². The summed E-state index contributed by atoms with van der Waals surface area (Å²) in [5.41, 5.74) is 10.1. The van der Waals surface area contributed by atoms with Crippen molar-refractivity contribution in [1.29, 1.82) is 0 Å². The van der Waals surface area contributed by atoms with Crippen molar-refractivity contribution in [3.05, 3.63) is 164 Å². The molecule has 5 heterocycles. The van der Waals surface area contributed by atoms with Crippen molar-refractivity contribution in [2.24, 2.45) is 0 Å². The number of para-hydroxylation sites is 4. The molecular weight excluding hydrogens is 683 g/mol. The number of nitrogens with zero attached hydrogens (tertiary/aromatic N) is 5. The number of aromatic nitrogens is 5. The Bertz CT molecular complexity index is 3320. The van der Waals surface area contributed by atoms with Crippen LogP contribution in [-0.4, -0.2) is 24.1 Å². The average Bonchev–Trinajstić information content (AvgIpc) is 3.89. The third kappa shape index (κ3) is 4.27. The van der Waals surface area contributed by atoms with Gasteiger partial charge in [-0.1, -0.05) is 121 Å². The van der Waals surface area contributed by atoms with Gasteiger partial charge in [0.1, 0.15) is 16.8 Å². The molecule has 0 radical (unpaired) electrons. The lowest BCUT2D eigenvalue weighted by Gasteiger charge is -2.21. The molecule has 1 aliphatic heterocycles. The minimum absolute atomic E-state index is 0.587. The first-order valence-corrected chi connectivity index (χ1v) is 18.8. The minimum atomic E-state index is 0.587. The monoisotopic (exact) mass is 709 g/mol. The van der Waals surface area contributed by atoms with E-state index in [-0.39, 0.29) is 0 Å². The lowest BCUT2D eigenvalue weighted by molar-refractivity contribution is 0.669. The first-order valence-electron chi connectivity index (χ1n) is 17.9. The Hall–Kier alpha value is -6.96. The standard InChI is InChI=1S/C47H27N5OS/c1-2-12-28(13-3-1)44-48-45(50-46(49-44)30-24-25-33-32-16-5-8-21-38(32)53-39(33)27-30)29-14-10-15-31(26-29)51-36-19-6-4-17-34(36)42-35-18-11-23-41-43(35)52(47(42)51)37-20-7-9-22-40(37)54-41/h1-27H. The van der Waals surface area contributed by atoms with Crippen LogP contribution in [-0.2, 0) is 0 Å². The number of benzene rings is 7. The predicted octanol–water partition coefficient (Wildman–Crippen LogP) is 12.3. The lowest BCUT2D eigenvalue weighted by Crippen LogP contribution is -2.06. The zero-order valence-corrected chi connectivity index (χ0v) is 29.5. The quantitative estimate of drug-likeness (QED) is 0.182. The van der Waals surface area contributed by atoms with Gasteiger partial charge < -0.3 is 4.42 Å². The van der Waals surface area contributed by atoms with Crippen LogP contribution in [0.1, 0.15) is 0 Å². The number of hydrogen-bond donors (Lipinski definition) is 0. The Morgan fingerprint density at radius 1 is 0.444 bits per heavy atom. The Morgan fingerprint density at radius 3 is 1.98 bits per heavy atom. The van der Waals surface area contributed by atoms with E-state index in [4.69, 9.17) is 19.4 Å². The van der Waals surface area contributed by atoms with Gasteiger partial charge in [0.15, 0.2) is 17.5 Å². The van der Waals surface area contributed by atoms with Crippen LogP contribution in [0.2, 0.25) is 0 Å². The highest BCUT2D eigenvalue weighted by atomic mass is 32.2. The van der Waals surface area contributed by atoms with E-state index in [9.17, 15) is 0 Å². The minimum Gasteiger partial charge on any atom is -0.456 e. The second-order valence-electron chi connectivity index (χ2n) is 13.6. The van der Waals surface area contributed by atoms with Crippen molar-refractivity contribution >= 4 is 66.5 Å². The summed E-state index contributed by atoms with van der Waals surface area (Å²) in [7, 11) is 0. The number of fused-ring (bicyclic) bond motifs is 10. The maximum atomic E-state index is 6.27. The van der Waals surface area contributed by atoms with E-state index >= 15 is 0 Å². The van der Waals surface area contributed by atoms with Gasteiger partial charge in [0.25, 0.3) is 0 Å². The van der Waals surface area contributed by atoms with Crippen molar-refractivity contribution in [2.75, 3.05) is 0 Å². The van der Waals surface area contributed by atoms with Gasteiger partial charge in [-0.25, -0.2) is 15.0 Å². The normalized spacial score (nSPS) is 12.4. The summed E-state index contributed by atoms with van der Waals surface area (Å²) in [4.78, 5) is 17.8. The van der Waals surface area contributed by atoms with Gasteiger partial charge in [-0.05, 0) is 54.6 Å². The van der Waals surface area contributed by atoms with E-state index in [1.165, 1.54) is 37.2 Å². The molecule has 6 nitrogen and oxygen atoms in total. The van der Waals surface area contributed by atoms with Gasteiger partial charge in [-0.2, -0.15) is 0 Å². The van der Waals surface area contributed by atoms with Crippen LogP contribution >= 0.6 is 11.8 Å². The Morgan fingerprint density at radius 2 is 1.09 bits per heavy atom. The Kier molecular flexibility index (Phi) is 6.18. The van der Waals surface area contributed by atoms with E-state index in [0.29, 0.717) is 17.5 Å². The third-order valence-corrected chi connectivity index (χ3v) is 11.7. The van der Waals surface area contributed by atoms with Crippen LogP contribution in [0.3, 0.4) is 0 Å². The maximum absolute atomic E-state index is 6.27. The molecule has 0 spiro atoms. The number of rotatable bonds is 4. The zero-order valence-electron chi connectivity index (χ0n) is 28.6. The molecule has 54 heavy (non-hydrogen) atoms. The van der Waals surface area contributed by atoms with E-state index in [0.717, 1.165) is 55.5 Å². The summed E-state index contributed by atoms with van der Waals surface area (Å²) >= 11 is 1.84. The van der Waals surface area contributed by atoms with Gasteiger partial charge in [-0.15, -0.1) is 0 Å². The van der Waals surface area contributed by atoms with Crippen LogP contribution < -0.4 is 0 Å². The first-order chi connectivity index (χ1) is 26.8. The second-order valence-corrected chi connectivity index (χ2v) is 14.7. The zero-order chi connectivity index (χ0) is 35.3. The van der Waals surface area contributed by atoms with Crippen LogP contribution in [0, 0.1) is 0 Å². The van der Waals surface area contributed by atoms with Crippen LogP contribution in [0.25, 0.3) is 100 Å². The Balaban J connectivity index is 1.09. The van der Waals surface area contributed by atoms with Gasteiger partial charge in [0, 0.05) is 59.1 Å². The van der Waals surface area contributed by atoms with Gasteiger partial charge in [0.2, 0.25) is 0 Å². The van der Waals surface area contributed by atoms with Crippen molar-refractivity contribution in [2.45, 2.75) is 9.79 Å². The molecule has 252 valence electrons. The summed E-state index contributed by atoms with van der Waals surface area (Å²) in [5, 5.41) is 5.88.